The van der Waals surface area contributed by atoms with Crippen molar-refractivity contribution in [2.24, 2.45) is 5.10 Å². The van der Waals surface area contributed by atoms with Gasteiger partial charge < -0.3 is 13.9 Å². The van der Waals surface area contributed by atoms with Crippen molar-refractivity contribution in [2.75, 3.05) is 13.2 Å². The Bertz CT molecular complexity index is 1030. The molecule has 0 aliphatic rings. The number of fused-ring (bicyclic) bond motifs is 1. The first-order valence-corrected chi connectivity index (χ1v) is 10.2. The summed E-state index contributed by atoms with van der Waals surface area (Å²) < 4.78 is 18.4. The van der Waals surface area contributed by atoms with Gasteiger partial charge in [0.05, 0.1) is 23.9 Å². The Balaban J connectivity index is 1.74. The van der Waals surface area contributed by atoms with Gasteiger partial charge in [-0.15, -0.1) is 0 Å². The molecule has 1 aromatic heterocycles. The molecule has 0 saturated heterocycles. The largest absolute Gasteiger partial charge is 0.490 e. The molecule has 0 saturated carbocycles. The topological polar surface area (TPSA) is 73.1 Å². The number of hydrogen-bond acceptors (Lipinski definition) is 5. The second-order valence-electron chi connectivity index (χ2n) is 5.69. The maximum absolute atomic E-state index is 12.3. The lowest BCUT2D eigenvalue weighted by Crippen LogP contribution is -2.16. The van der Waals surface area contributed by atoms with Gasteiger partial charge in [-0.1, -0.05) is 15.9 Å². The Morgan fingerprint density at radius 2 is 1.93 bits per heavy atom. The molecule has 3 aromatic rings. The van der Waals surface area contributed by atoms with Crippen LogP contribution < -0.4 is 14.9 Å². The number of halogens is 2. The normalized spacial score (nSPS) is 11.1. The zero-order valence-electron chi connectivity index (χ0n) is 15.3. The Morgan fingerprint density at radius 3 is 2.68 bits per heavy atom. The molecule has 0 unspecified atom stereocenters. The van der Waals surface area contributed by atoms with Crippen LogP contribution in [0, 0.1) is 0 Å². The van der Waals surface area contributed by atoms with E-state index in [2.05, 4.69) is 42.4 Å². The van der Waals surface area contributed by atoms with Crippen LogP contribution in [0.3, 0.4) is 0 Å². The minimum Gasteiger partial charge on any atom is -0.490 e. The third kappa shape index (κ3) is 4.74. The van der Waals surface area contributed by atoms with Gasteiger partial charge in [-0.2, -0.15) is 5.10 Å². The molecule has 1 N–H and O–H groups in total. The van der Waals surface area contributed by atoms with Crippen molar-refractivity contribution in [3.63, 3.8) is 0 Å². The fourth-order valence-corrected chi connectivity index (χ4v) is 3.51. The summed E-state index contributed by atoms with van der Waals surface area (Å²) in [6, 6.07) is 10.8. The van der Waals surface area contributed by atoms with Gasteiger partial charge in [-0.25, -0.2) is 5.43 Å². The van der Waals surface area contributed by atoms with Crippen LogP contribution >= 0.6 is 31.9 Å². The van der Waals surface area contributed by atoms with Crippen LogP contribution in [0.1, 0.15) is 30.0 Å². The minimum absolute atomic E-state index is 0.188. The quantitative estimate of drug-likeness (QED) is 0.336. The number of rotatable bonds is 7. The zero-order chi connectivity index (χ0) is 20.1. The standard InChI is InChI=1S/C20H18Br2N2O4/c1-3-26-17-8-12(7-15(22)19(17)27-4-2)11-23-24-20(25)18-10-13-9-14(21)5-6-16(13)28-18/h5-11H,3-4H2,1-2H3,(H,24,25)/b23-11+. The first kappa shape index (κ1) is 20.4. The Hall–Kier alpha value is -2.32. The summed E-state index contributed by atoms with van der Waals surface area (Å²) in [6.45, 7) is 4.84. The highest BCUT2D eigenvalue weighted by Gasteiger charge is 2.13. The maximum atomic E-state index is 12.3. The van der Waals surface area contributed by atoms with E-state index in [1.807, 2.05) is 32.0 Å². The number of carbonyl (C=O) groups is 1. The van der Waals surface area contributed by atoms with E-state index in [1.165, 1.54) is 6.21 Å². The second-order valence-corrected chi connectivity index (χ2v) is 7.46. The smallest absolute Gasteiger partial charge is 0.307 e. The molecule has 0 bridgehead atoms. The Morgan fingerprint density at radius 1 is 1.14 bits per heavy atom. The lowest BCUT2D eigenvalue weighted by molar-refractivity contribution is 0.0929. The Labute approximate surface area is 179 Å². The summed E-state index contributed by atoms with van der Waals surface area (Å²) in [4.78, 5) is 12.3. The molecule has 0 spiro atoms. The minimum atomic E-state index is -0.432. The lowest BCUT2D eigenvalue weighted by Gasteiger charge is -2.13. The molecule has 0 fully saturated rings. The third-order valence-electron chi connectivity index (χ3n) is 3.70. The van der Waals surface area contributed by atoms with Gasteiger partial charge in [0.1, 0.15) is 5.58 Å². The molecule has 6 nitrogen and oxygen atoms in total. The summed E-state index contributed by atoms with van der Waals surface area (Å²) >= 11 is 6.87. The van der Waals surface area contributed by atoms with Crippen molar-refractivity contribution in [1.29, 1.82) is 0 Å². The highest BCUT2D eigenvalue weighted by Crippen LogP contribution is 2.36. The summed E-state index contributed by atoms with van der Waals surface area (Å²) in [5.41, 5.74) is 3.85. The second kappa shape index (κ2) is 9.25. The maximum Gasteiger partial charge on any atom is 0.307 e. The summed E-state index contributed by atoms with van der Waals surface area (Å²) in [7, 11) is 0. The number of nitrogens with one attached hydrogen (secondary N) is 1. The monoisotopic (exact) mass is 508 g/mol. The molecule has 8 heteroatoms. The number of hydrogen-bond donors (Lipinski definition) is 1. The van der Waals surface area contributed by atoms with Crippen LogP contribution in [-0.2, 0) is 0 Å². The van der Waals surface area contributed by atoms with Gasteiger partial charge in [-0.3, -0.25) is 4.79 Å². The van der Waals surface area contributed by atoms with E-state index in [4.69, 9.17) is 13.9 Å². The van der Waals surface area contributed by atoms with Crippen molar-refractivity contribution in [3.05, 3.63) is 56.7 Å². The highest BCUT2D eigenvalue weighted by atomic mass is 79.9. The van der Waals surface area contributed by atoms with E-state index < -0.39 is 5.91 Å². The fraction of sp³-hybridized carbons (Fsp3) is 0.200. The summed E-state index contributed by atoms with van der Waals surface area (Å²) in [5.74, 6) is 1.00. The van der Waals surface area contributed by atoms with Gasteiger partial charge in [0, 0.05) is 9.86 Å². The van der Waals surface area contributed by atoms with Gasteiger partial charge in [0.25, 0.3) is 0 Å². The van der Waals surface area contributed by atoms with Crippen molar-refractivity contribution < 1.29 is 18.7 Å². The molecule has 3 rings (SSSR count). The summed E-state index contributed by atoms with van der Waals surface area (Å²) in [6.07, 6.45) is 1.53. The molecule has 2 aromatic carbocycles. The number of hydrazone groups is 1. The molecule has 1 amide bonds. The number of carbonyl (C=O) groups excluding carboxylic acids is 1. The fourth-order valence-electron chi connectivity index (χ4n) is 2.56. The molecule has 28 heavy (non-hydrogen) atoms. The molecular formula is C20H18Br2N2O4. The molecule has 0 radical (unpaired) electrons. The SMILES string of the molecule is CCOc1cc(/C=N/NC(=O)c2cc3cc(Br)ccc3o2)cc(Br)c1OCC. The van der Waals surface area contributed by atoms with Crippen LogP contribution in [0.2, 0.25) is 0 Å². The van der Waals surface area contributed by atoms with Crippen molar-refractivity contribution in [3.8, 4) is 11.5 Å². The molecular weight excluding hydrogens is 492 g/mol. The first-order valence-electron chi connectivity index (χ1n) is 8.63. The molecule has 0 aliphatic carbocycles. The van der Waals surface area contributed by atoms with Crippen molar-refractivity contribution in [1.82, 2.24) is 5.43 Å². The highest BCUT2D eigenvalue weighted by molar-refractivity contribution is 9.10. The number of nitrogens with zero attached hydrogens (tertiary/aromatic N) is 1. The van der Waals surface area contributed by atoms with E-state index in [0.717, 1.165) is 19.9 Å². The molecule has 0 aliphatic heterocycles. The average Bonchev–Trinajstić information content (AvgIpc) is 3.08. The van der Waals surface area contributed by atoms with Crippen molar-refractivity contribution in [2.45, 2.75) is 13.8 Å². The predicted molar refractivity (Wildman–Crippen MR) is 115 cm³/mol. The summed E-state index contributed by atoms with van der Waals surface area (Å²) in [5, 5.41) is 4.85. The van der Waals surface area contributed by atoms with Crippen LogP contribution in [0.25, 0.3) is 11.0 Å². The van der Waals surface area contributed by atoms with Crippen LogP contribution in [-0.4, -0.2) is 25.3 Å². The van der Waals surface area contributed by atoms with E-state index in [0.29, 0.717) is 30.3 Å². The van der Waals surface area contributed by atoms with Gasteiger partial charge in [-0.05, 0) is 71.7 Å². The van der Waals surface area contributed by atoms with Gasteiger partial charge in [0.2, 0.25) is 0 Å². The zero-order valence-corrected chi connectivity index (χ0v) is 18.5. The van der Waals surface area contributed by atoms with Gasteiger partial charge >= 0.3 is 5.91 Å². The first-order chi connectivity index (χ1) is 13.5. The van der Waals surface area contributed by atoms with Crippen LogP contribution in [0.5, 0.6) is 11.5 Å². The number of benzene rings is 2. The van der Waals surface area contributed by atoms with E-state index >= 15 is 0 Å². The number of furan rings is 1. The van der Waals surface area contributed by atoms with Crippen LogP contribution in [0.4, 0.5) is 0 Å². The lowest BCUT2D eigenvalue weighted by atomic mass is 10.2. The van der Waals surface area contributed by atoms with Crippen molar-refractivity contribution >= 4 is 55.0 Å². The predicted octanol–water partition coefficient (Wildman–Crippen LogP) is 5.52. The van der Waals surface area contributed by atoms with Crippen LogP contribution in [0.15, 0.2) is 54.9 Å². The van der Waals surface area contributed by atoms with E-state index in [-0.39, 0.29) is 5.76 Å². The molecule has 0 atom stereocenters. The Kier molecular flexibility index (Phi) is 6.74. The number of ether oxygens (including phenoxy) is 2. The van der Waals surface area contributed by atoms with E-state index in [1.54, 1.807) is 18.2 Å². The number of amides is 1. The van der Waals surface area contributed by atoms with E-state index in [9.17, 15) is 4.79 Å². The average molecular weight is 510 g/mol. The third-order valence-corrected chi connectivity index (χ3v) is 4.78. The van der Waals surface area contributed by atoms with Gasteiger partial charge in [0.15, 0.2) is 17.3 Å². The molecule has 146 valence electrons. The molecule has 1 heterocycles.